The number of rotatable bonds is 6. The van der Waals surface area contributed by atoms with Crippen molar-refractivity contribution in [3.8, 4) is 22.3 Å². The topological polar surface area (TPSA) is 116 Å². The summed E-state index contributed by atoms with van der Waals surface area (Å²) < 4.78 is 4.74. The highest BCUT2D eigenvalue weighted by molar-refractivity contribution is 5.87. The number of hydrogen-bond acceptors (Lipinski definition) is 5. The van der Waals surface area contributed by atoms with E-state index >= 15 is 0 Å². The number of hydrogen-bond donors (Lipinski definition) is 3. The summed E-state index contributed by atoms with van der Waals surface area (Å²) in [4.78, 5) is 43.0. The first kappa shape index (κ1) is 26.3. The Kier molecular flexibility index (Phi) is 6.78. The van der Waals surface area contributed by atoms with E-state index in [2.05, 4.69) is 75.4 Å². The average Bonchev–Trinajstić information content (AvgIpc) is 3.72. The Hall–Kier alpha value is -4.92. The molecule has 1 fully saturated rings. The van der Waals surface area contributed by atoms with Crippen LogP contribution in [-0.4, -0.2) is 56.5 Å². The highest BCUT2D eigenvalue weighted by Gasteiger charge is 2.38. The zero-order valence-corrected chi connectivity index (χ0v) is 23.3. The largest absolute Gasteiger partial charge is 0.453 e. The van der Waals surface area contributed by atoms with Crippen LogP contribution in [0.2, 0.25) is 0 Å². The van der Waals surface area contributed by atoms with Gasteiger partial charge in [-0.2, -0.15) is 0 Å². The number of nitrogens with one attached hydrogen (secondary N) is 3. The number of amides is 2. The number of carbonyl (C=O) groups is 2. The lowest BCUT2D eigenvalue weighted by Gasteiger charge is -2.29. The second-order valence-electron chi connectivity index (χ2n) is 10.9. The maximum absolute atomic E-state index is 13.6. The summed E-state index contributed by atoms with van der Waals surface area (Å²) >= 11 is 0. The van der Waals surface area contributed by atoms with Crippen molar-refractivity contribution in [2.24, 2.45) is 5.92 Å². The summed E-state index contributed by atoms with van der Waals surface area (Å²) in [6.07, 6.45) is 1.68. The third-order valence-electron chi connectivity index (χ3n) is 7.71. The van der Waals surface area contributed by atoms with Crippen molar-refractivity contribution in [1.82, 2.24) is 30.2 Å². The summed E-state index contributed by atoms with van der Waals surface area (Å²) in [5.41, 5.74) is 9.03. The van der Waals surface area contributed by atoms with Crippen molar-refractivity contribution in [1.29, 1.82) is 0 Å². The molecule has 41 heavy (non-hydrogen) atoms. The Morgan fingerprint density at radius 3 is 2.27 bits per heavy atom. The molecule has 1 aliphatic heterocycles. The number of aromatic amines is 2. The van der Waals surface area contributed by atoms with E-state index in [1.54, 1.807) is 11.2 Å². The molecule has 0 radical (unpaired) electrons. The van der Waals surface area contributed by atoms with Crippen LogP contribution in [0.3, 0.4) is 0 Å². The van der Waals surface area contributed by atoms with Crippen molar-refractivity contribution in [2.75, 3.05) is 13.7 Å². The molecular weight excluding hydrogens is 516 g/mol. The number of nitrogens with zero attached hydrogens (tertiary/aromatic N) is 3. The minimum absolute atomic E-state index is 0.117. The van der Waals surface area contributed by atoms with E-state index < -0.39 is 12.1 Å². The van der Waals surface area contributed by atoms with Gasteiger partial charge in [0.25, 0.3) is 0 Å². The third-order valence-corrected chi connectivity index (χ3v) is 7.71. The SMILES string of the molecule is C=C1CC(c2nc3ccc(-c4ccc(-c5ccc6nc[nH]c6c5)cc4)cc3[nH]2)N(C(=O)C(NC(=O)OC)C(C)C)C1. The van der Waals surface area contributed by atoms with Gasteiger partial charge in [-0.05, 0) is 58.9 Å². The highest BCUT2D eigenvalue weighted by Crippen LogP contribution is 2.36. The minimum Gasteiger partial charge on any atom is -0.453 e. The molecule has 6 rings (SSSR count). The molecule has 9 heteroatoms. The highest BCUT2D eigenvalue weighted by atomic mass is 16.5. The Bertz CT molecular complexity index is 1770. The molecule has 0 saturated carbocycles. The number of aromatic nitrogens is 4. The Morgan fingerprint density at radius 2 is 1.61 bits per heavy atom. The summed E-state index contributed by atoms with van der Waals surface area (Å²) in [7, 11) is 1.29. The van der Waals surface area contributed by atoms with Gasteiger partial charge in [0, 0.05) is 6.54 Å². The van der Waals surface area contributed by atoms with Gasteiger partial charge in [-0.15, -0.1) is 0 Å². The molecule has 2 amide bonds. The Balaban J connectivity index is 1.25. The van der Waals surface area contributed by atoms with Crippen LogP contribution in [0, 0.1) is 5.92 Å². The van der Waals surface area contributed by atoms with E-state index in [0.717, 1.165) is 49.9 Å². The molecule has 0 spiro atoms. The van der Waals surface area contributed by atoms with E-state index in [1.165, 1.54) is 7.11 Å². The normalized spacial score (nSPS) is 16.0. The van der Waals surface area contributed by atoms with Gasteiger partial charge in [-0.1, -0.05) is 62.4 Å². The van der Waals surface area contributed by atoms with Gasteiger partial charge < -0.3 is 24.9 Å². The summed E-state index contributed by atoms with van der Waals surface area (Å²) in [5.74, 6) is 0.408. The molecule has 0 aliphatic carbocycles. The fourth-order valence-corrected chi connectivity index (χ4v) is 5.49. The molecule has 2 aromatic heterocycles. The first-order valence-electron chi connectivity index (χ1n) is 13.7. The smallest absolute Gasteiger partial charge is 0.407 e. The van der Waals surface area contributed by atoms with E-state index in [1.807, 2.05) is 26.0 Å². The van der Waals surface area contributed by atoms with E-state index in [4.69, 9.17) is 9.72 Å². The Labute approximate surface area is 237 Å². The minimum atomic E-state index is -0.712. The van der Waals surface area contributed by atoms with Crippen molar-refractivity contribution in [3.05, 3.63) is 85.0 Å². The molecule has 1 saturated heterocycles. The molecule has 3 N–H and O–H groups in total. The maximum Gasteiger partial charge on any atom is 0.407 e. The van der Waals surface area contributed by atoms with Gasteiger partial charge in [0.1, 0.15) is 11.9 Å². The number of likely N-dealkylation sites (tertiary alicyclic amines) is 1. The zero-order valence-electron chi connectivity index (χ0n) is 23.3. The second kappa shape index (κ2) is 10.6. The number of H-pyrrole nitrogens is 2. The molecule has 3 aromatic carbocycles. The van der Waals surface area contributed by atoms with Gasteiger partial charge in [-0.3, -0.25) is 4.79 Å². The lowest BCUT2D eigenvalue weighted by Crippen LogP contribution is -2.51. The van der Waals surface area contributed by atoms with Gasteiger partial charge in [0.15, 0.2) is 0 Å². The predicted molar refractivity (Wildman–Crippen MR) is 159 cm³/mol. The van der Waals surface area contributed by atoms with Crippen LogP contribution < -0.4 is 5.32 Å². The van der Waals surface area contributed by atoms with Crippen molar-refractivity contribution in [2.45, 2.75) is 32.4 Å². The average molecular weight is 549 g/mol. The van der Waals surface area contributed by atoms with Gasteiger partial charge >= 0.3 is 6.09 Å². The fraction of sp³-hybridized carbons (Fsp3) is 0.250. The van der Waals surface area contributed by atoms with Crippen LogP contribution in [-0.2, 0) is 9.53 Å². The summed E-state index contributed by atoms with van der Waals surface area (Å²) in [6, 6.07) is 19.8. The number of imidazole rings is 2. The second-order valence-corrected chi connectivity index (χ2v) is 10.9. The lowest BCUT2D eigenvalue weighted by molar-refractivity contribution is -0.135. The number of alkyl carbamates (subject to hydrolysis) is 1. The van der Waals surface area contributed by atoms with Crippen molar-refractivity contribution >= 4 is 34.1 Å². The van der Waals surface area contributed by atoms with E-state index in [0.29, 0.717) is 18.8 Å². The maximum atomic E-state index is 13.6. The summed E-state index contributed by atoms with van der Waals surface area (Å²) in [6.45, 7) is 8.34. The Morgan fingerprint density at radius 1 is 0.976 bits per heavy atom. The standard InChI is InChI=1S/C32H32N6O3/c1-18(2)29(37-32(40)41-4)31(39)38-16-19(3)13-28(38)30-35-25-12-10-23(15-27(25)36-30)21-7-5-20(6-8-21)22-9-11-24-26(14-22)34-17-33-24/h5-12,14-15,17-18,28-29H,3,13,16H2,1-2,4H3,(H,33,34)(H,35,36)(H,37,40). The summed E-state index contributed by atoms with van der Waals surface area (Å²) in [5, 5.41) is 2.69. The monoisotopic (exact) mass is 548 g/mol. The van der Waals surface area contributed by atoms with E-state index in [-0.39, 0.29) is 17.9 Å². The van der Waals surface area contributed by atoms with Crippen LogP contribution in [0.25, 0.3) is 44.3 Å². The van der Waals surface area contributed by atoms with Crippen molar-refractivity contribution < 1.29 is 14.3 Å². The van der Waals surface area contributed by atoms with Crippen LogP contribution in [0.4, 0.5) is 4.79 Å². The van der Waals surface area contributed by atoms with Crippen LogP contribution in [0.5, 0.6) is 0 Å². The molecule has 5 aromatic rings. The number of methoxy groups -OCH3 is 1. The van der Waals surface area contributed by atoms with Crippen LogP contribution in [0.1, 0.15) is 32.1 Å². The number of fused-ring (bicyclic) bond motifs is 2. The van der Waals surface area contributed by atoms with Crippen LogP contribution in [0.15, 0.2) is 79.1 Å². The van der Waals surface area contributed by atoms with Gasteiger partial charge in [0.05, 0.1) is 41.5 Å². The molecule has 2 atom stereocenters. The molecule has 2 unspecified atom stereocenters. The van der Waals surface area contributed by atoms with Crippen LogP contribution >= 0.6 is 0 Å². The number of carbonyl (C=O) groups excluding carboxylic acids is 2. The quantitative estimate of drug-likeness (QED) is 0.226. The number of ether oxygens (including phenoxy) is 1. The molecular formula is C32H32N6O3. The van der Waals surface area contributed by atoms with Crippen molar-refractivity contribution in [3.63, 3.8) is 0 Å². The van der Waals surface area contributed by atoms with Gasteiger partial charge in [0.2, 0.25) is 5.91 Å². The number of benzene rings is 3. The molecule has 0 bridgehead atoms. The molecule has 208 valence electrons. The first-order chi connectivity index (χ1) is 19.8. The van der Waals surface area contributed by atoms with E-state index in [9.17, 15) is 9.59 Å². The third kappa shape index (κ3) is 5.06. The lowest BCUT2D eigenvalue weighted by atomic mass is 10.00. The molecule has 9 nitrogen and oxygen atoms in total. The predicted octanol–water partition coefficient (Wildman–Crippen LogP) is 5.98. The zero-order chi connectivity index (χ0) is 28.7. The molecule has 3 heterocycles. The van der Waals surface area contributed by atoms with Gasteiger partial charge in [-0.25, -0.2) is 14.8 Å². The fourth-order valence-electron chi connectivity index (χ4n) is 5.49. The first-order valence-corrected chi connectivity index (χ1v) is 13.7. The molecule has 1 aliphatic rings.